The van der Waals surface area contributed by atoms with Crippen LogP contribution in [0.2, 0.25) is 5.02 Å². The summed E-state index contributed by atoms with van der Waals surface area (Å²) in [7, 11) is -1.46. The number of rotatable bonds is 6. The van der Waals surface area contributed by atoms with E-state index in [4.69, 9.17) is 16.6 Å². The number of sulfonamides is 1. The number of piperidine rings is 1. The molecule has 0 saturated carbocycles. The number of hydrogen-bond donors (Lipinski definition) is 1. The zero-order valence-corrected chi connectivity index (χ0v) is 20.4. The molecule has 2 aromatic heterocycles. The maximum atomic E-state index is 12.9. The van der Waals surface area contributed by atoms with Crippen LogP contribution >= 0.6 is 11.6 Å². The van der Waals surface area contributed by atoms with E-state index in [1.165, 1.54) is 0 Å². The van der Waals surface area contributed by atoms with Gasteiger partial charge in [-0.3, -0.25) is 0 Å². The summed E-state index contributed by atoms with van der Waals surface area (Å²) in [6.07, 6.45) is 3.39. The average molecular weight is 494 g/mol. The monoisotopic (exact) mass is 493 g/mol. The summed E-state index contributed by atoms with van der Waals surface area (Å²) in [4.78, 5) is 5.14. The molecule has 0 unspecified atom stereocenters. The lowest BCUT2D eigenvalue weighted by atomic mass is 9.98. The number of hydrogen-bond acceptors (Lipinski definition) is 5. The lowest BCUT2D eigenvalue weighted by Gasteiger charge is -2.31. The second kappa shape index (κ2) is 9.41. The van der Waals surface area contributed by atoms with E-state index < -0.39 is 10.0 Å². The minimum Gasteiger partial charge on any atom is -0.370 e. The molecule has 34 heavy (non-hydrogen) atoms. The van der Waals surface area contributed by atoms with E-state index in [0.29, 0.717) is 28.9 Å². The molecule has 1 aliphatic rings. The minimum atomic E-state index is -3.44. The summed E-state index contributed by atoms with van der Waals surface area (Å²) in [5.41, 5.74) is 3.42. The van der Waals surface area contributed by atoms with Gasteiger partial charge in [0.15, 0.2) is 5.65 Å². The van der Waals surface area contributed by atoms with Gasteiger partial charge >= 0.3 is 0 Å². The lowest BCUT2D eigenvalue weighted by molar-refractivity contribution is 0.282. The van der Waals surface area contributed by atoms with Crippen molar-refractivity contribution in [2.45, 2.75) is 17.7 Å². The van der Waals surface area contributed by atoms with E-state index in [-0.39, 0.29) is 0 Å². The highest BCUT2D eigenvalue weighted by molar-refractivity contribution is 7.89. The number of benzene rings is 2. The third-order valence-corrected chi connectivity index (χ3v) is 8.57. The molecule has 5 rings (SSSR count). The van der Waals surface area contributed by atoms with Crippen LogP contribution in [-0.2, 0) is 10.0 Å². The molecule has 1 aliphatic heterocycles. The van der Waals surface area contributed by atoms with Crippen molar-refractivity contribution in [3.63, 3.8) is 0 Å². The van der Waals surface area contributed by atoms with Gasteiger partial charge in [0.05, 0.1) is 10.6 Å². The first-order valence-electron chi connectivity index (χ1n) is 11.3. The van der Waals surface area contributed by atoms with Crippen molar-refractivity contribution in [1.82, 2.24) is 18.9 Å². The van der Waals surface area contributed by atoms with Gasteiger partial charge in [0.2, 0.25) is 10.0 Å². The molecule has 0 atom stereocenters. The highest BCUT2D eigenvalue weighted by Crippen LogP contribution is 2.29. The fraction of sp³-hybridized carbons (Fsp3) is 0.250. The molecule has 4 aromatic rings. The quantitative estimate of drug-likeness (QED) is 0.418. The van der Waals surface area contributed by atoms with E-state index in [9.17, 15) is 8.42 Å². The topological polar surface area (TPSA) is 79.6 Å². The number of nitrogens with zero attached hydrogens (tertiary/aromatic N) is 4. The van der Waals surface area contributed by atoms with E-state index in [2.05, 4.69) is 10.4 Å². The van der Waals surface area contributed by atoms with Gasteiger partial charge in [0, 0.05) is 42.5 Å². The highest BCUT2D eigenvalue weighted by Gasteiger charge is 2.29. The summed E-state index contributed by atoms with van der Waals surface area (Å²) in [5, 5.41) is 8.67. The summed E-state index contributed by atoms with van der Waals surface area (Å²) >= 11 is 6.43. The molecule has 1 N–H and O–H groups in total. The van der Waals surface area contributed by atoms with Crippen molar-refractivity contribution >= 4 is 46.4 Å². The van der Waals surface area contributed by atoms with Crippen LogP contribution in [0.1, 0.15) is 12.8 Å². The van der Waals surface area contributed by atoms with Crippen LogP contribution in [0.25, 0.3) is 16.9 Å². The fourth-order valence-electron chi connectivity index (χ4n) is 4.35. The standard InChI is InChI=1S/C24H25BClN5O2S/c25-20-16-28-31-23(14-22(29-24(20)31)19-8-4-5-9-21(19)26)27-15-17-10-12-30(13-11-17)34(32,33)18-6-2-1-3-7-18/h1-9,14,16-17,27H,10-13,15,25H2. The number of anilines is 1. The van der Waals surface area contributed by atoms with Crippen molar-refractivity contribution in [3.8, 4) is 11.3 Å². The molecule has 174 valence electrons. The Kier molecular flexibility index (Phi) is 6.33. The molecule has 0 radical (unpaired) electrons. The number of nitrogens with one attached hydrogen (secondary N) is 1. The second-order valence-corrected chi connectivity index (χ2v) is 11.0. The number of fused-ring (bicyclic) bond motifs is 1. The van der Waals surface area contributed by atoms with E-state index in [1.54, 1.807) is 34.8 Å². The summed E-state index contributed by atoms with van der Waals surface area (Å²) in [6.45, 7) is 1.75. The second-order valence-electron chi connectivity index (χ2n) is 8.61. The first-order chi connectivity index (χ1) is 16.4. The van der Waals surface area contributed by atoms with Gasteiger partial charge in [0.25, 0.3) is 0 Å². The first-order valence-corrected chi connectivity index (χ1v) is 13.1. The van der Waals surface area contributed by atoms with Crippen LogP contribution in [0.3, 0.4) is 0 Å². The molecule has 1 saturated heterocycles. The Morgan fingerprint density at radius 1 is 1.06 bits per heavy atom. The first kappa shape index (κ1) is 22.9. The van der Waals surface area contributed by atoms with Gasteiger partial charge in [-0.25, -0.2) is 13.4 Å². The molecule has 0 spiro atoms. The Balaban J connectivity index is 1.31. The highest BCUT2D eigenvalue weighted by atomic mass is 35.5. The molecule has 10 heteroatoms. The predicted octanol–water partition coefficient (Wildman–Crippen LogP) is 2.82. The smallest absolute Gasteiger partial charge is 0.243 e. The molecule has 0 aliphatic carbocycles. The van der Waals surface area contributed by atoms with Crippen LogP contribution in [0.15, 0.2) is 71.8 Å². The van der Waals surface area contributed by atoms with Crippen LogP contribution in [0.4, 0.5) is 5.82 Å². The van der Waals surface area contributed by atoms with Crippen molar-refractivity contribution in [2.24, 2.45) is 5.92 Å². The maximum absolute atomic E-state index is 12.9. The van der Waals surface area contributed by atoms with Crippen LogP contribution in [0.5, 0.6) is 0 Å². The molecule has 3 heterocycles. The minimum absolute atomic E-state index is 0.353. The number of halogens is 1. The van der Waals surface area contributed by atoms with Crippen molar-refractivity contribution in [2.75, 3.05) is 25.0 Å². The van der Waals surface area contributed by atoms with Crippen LogP contribution in [-0.4, -0.2) is 54.8 Å². The largest absolute Gasteiger partial charge is 0.370 e. The molecule has 0 amide bonds. The van der Waals surface area contributed by atoms with E-state index in [0.717, 1.165) is 47.6 Å². The molecule has 0 bridgehead atoms. The van der Waals surface area contributed by atoms with Gasteiger partial charge in [-0.1, -0.05) is 48.0 Å². The normalized spacial score (nSPS) is 15.6. The SMILES string of the molecule is Bc1cnn2c(NCC3CCN(S(=O)(=O)c4ccccc4)CC3)cc(-c3ccccc3Cl)nc12. The van der Waals surface area contributed by atoms with Crippen molar-refractivity contribution in [3.05, 3.63) is 71.9 Å². The predicted molar refractivity (Wildman–Crippen MR) is 138 cm³/mol. The molecule has 7 nitrogen and oxygen atoms in total. The molecular weight excluding hydrogens is 469 g/mol. The zero-order valence-electron chi connectivity index (χ0n) is 18.9. The van der Waals surface area contributed by atoms with Crippen LogP contribution < -0.4 is 10.8 Å². The Morgan fingerprint density at radius 2 is 1.76 bits per heavy atom. The Morgan fingerprint density at radius 3 is 2.50 bits per heavy atom. The van der Waals surface area contributed by atoms with Crippen LogP contribution in [0, 0.1) is 5.92 Å². The molecule has 2 aromatic carbocycles. The fourth-order valence-corrected chi connectivity index (χ4v) is 6.07. The third kappa shape index (κ3) is 4.43. The Labute approximate surface area is 205 Å². The van der Waals surface area contributed by atoms with Crippen molar-refractivity contribution < 1.29 is 8.42 Å². The van der Waals surface area contributed by atoms with Crippen molar-refractivity contribution in [1.29, 1.82) is 0 Å². The van der Waals surface area contributed by atoms with E-state index >= 15 is 0 Å². The van der Waals surface area contributed by atoms with E-state index in [1.807, 2.05) is 48.8 Å². The third-order valence-electron chi connectivity index (χ3n) is 6.32. The van der Waals surface area contributed by atoms with Gasteiger partial charge in [-0.2, -0.15) is 13.9 Å². The number of aromatic nitrogens is 3. The average Bonchev–Trinajstić information content (AvgIpc) is 3.24. The molecule has 1 fully saturated rings. The Hall–Kier alpha value is -2.88. The summed E-state index contributed by atoms with van der Waals surface area (Å²) in [6, 6.07) is 18.3. The van der Waals surface area contributed by atoms with Gasteiger partial charge in [-0.05, 0) is 42.4 Å². The summed E-state index contributed by atoms with van der Waals surface area (Å²) in [5.74, 6) is 1.19. The Bertz CT molecular complexity index is 1420. The maximum Gasteiger partial charge on any atom is 0.243 e. The molecular formula is C24H25BClN5O2S. The summed E-state index contributed by atoms with van der Waals surface area (Å²) < 4.78 is 29.2. The lowest BCUT2D eigenvalue weighted by Crippen LogP contribution is -2.39. The zero-order chi connectivity index (χ0) is 23.7. The van der Waals surface area contributed by atoms with Gasteiger partial charge < -0.3 is 5.32 Å². The van der Waals surface area contributed by atoms with Gasteiger partial charge in [-0.15, -0.1) is 0 Å². The van der Waals surface area contributed by atoms with Gasteiger partial charge in [0.1, 0.15) is 13.7 Å².